The van der Waals surface area contributed by atoms with Gasteiger partial charge in [-0.25, -0.2) is 4.98 Å². The highest BCUT2D eigenvalue weighted by Crippen LogP contribution is 2.15. The van der Waals surface area contributed by atoms with Crippen LogP contribution in [0.15, 0.2) is 17.2 Å². The van der Waals surface area contributed by atoms with Crippen LogP contribution in [0.5, 0.6) is 0 Å². The number of aromatic nitrogens is 2. The first-order chi connectivity index (χ1) is 8.15. The van der Waals surface area contributed by atoms with E-state index < -0.39 is 0 Å². The Balaban J connectivity index is 1.95. The zero-order chi connectivity index (χ0) is 12.3. The van der Waals surface area contributed by atoms with Crippen molar-refractivity contribution >= 4 is 11.7 Å². The van der Waals surface area contributed by atoms with E-state index >= 15 is 0 Å². The normalized spacial score (nSPS) is 16.9. The van der Waals surface area contributed by atoms with Gasteiger partial charge in [-0.1, -0.05) is 0 Å². The predicted octanol–water partition coefficient (Wildman–Crippen LogP) is -0.125. The van der Waals surface area contributed by atoms with Crippen molar-refractivity contribution in [2.75, 3.05) is 18.0 Å². The Kier molecular flexibility index (Phi) is 3.41. The number of carbonyl (C=O) groups is 1. The average Bonchev–Trinajstić information content (AvgIpc) is 2.29. The summed E-state index contributed by atoms with van der Waals surface area (Å²) in [6, 6.07) is 1.74. The molecule has 0 spiro atoms. The molecule has 1 amide bonds. The number of hydrogen-bond acceptors (Lipinski definition) is 4. The largest absolute Gasteiger partial charge is 0.356 e. The number of hydrogen-bond donors (Lipinski definition) is 2. The molecular weight excluding hydrogens is 220 g/mol. The second kappa shape index (κ2) is 4.99. The van der Waals surface area contributed by atoms with Gasteiger partial charge in [0.1, 0.15) is 5.82 Å². The molecule has 0 bridgehead atoms. The minimum atomic E-state index is -0.140. The standard InChI is InChI=1S/C11H16N4O2/c1-8(16)14-9-2-4-15(5-3-9)10-6-11(17)13-7-12-10/h6-7,9H,2-5H2,1H3,(H,14,16)(H,12,13,17). The molecule has 0 saturated carbocycles. The second-order valence-corrected chi connectivity index (χ2v) is 4.23. The summed E-state index contributed by atoms with van der Waals surface area (Å²) in [6.45, 7) is 3.15. The topological polar surface area (TPSA) is 78.1 Å². The molecule has 0 radical (unpaired) electrons. The lowest BCUT2D eigenvalue weighted by atomic mass is 10.1. The molecule has 1 saturated heterocycles. The summed E-state index contributed by atoms with van der Waals surface area (Å²) in [5, 5.41) is 2.91. The molecule has 1 aromatic heterocycles. The number of H-pyrrole nitrogens is 1. The van der Waals surface area contributed by atoms with Crippen LogP contribution in [0.1, 0.15) is 19.8 Å². The lowest BCUT2D eigenvalue weighted by molar-refractivity contribution is -0.119. The van der Waals surface area contributed by atoms with E-state index in [1.807, 2.05) is 0 Å². The van der Waals surface area contributed by atoms with Crippen LogP contribution in [-0.2, 0) is 4.79 Å². The zero-order valence-electron chi connectivity index (χ0n) is 9.77. The number of aromatic amines is 1. The Hall–Kier alpha value is -1.85. The summed E-state index contributed by atoms with van der Waals surface area (Å²) >= 11 is 0. The molecule has 17 heavy (non-hydrogen) atoms. The average molecular weight is 236 g/mol. The van der Waals surface area contributed by atoms with Gasteiger partial charge in [-0.3, -0.25) is 9.59 Å². The van der Waals surface area contributed by atoms with Crippen LogP contribution in [0.25, 0.3) is 0 Å². The zero-order valence-corrected chi connectivity index (χ0v) is 9.77. The third-order valence-electron chi connectivity index (χ3n) is 2.89. The highest BCUT2D eigenvalue weighted by atomic mass is 16.1. The SMILES string of the molecule is CC(=O)NC1CCN(c2cc(=O)[nH]cn2)CC1. The number of piperidine rings is 1. The smallest absolute Gasteiger partial charge is 0.252 e. The van der Waals surface area contributed by atoms with Gasteiger partial charge in [0, 0.05) is 32.1 Å². The fourth-order valence-electron chi connectivity index (χ4n) is 2.07. The highest BCUT2D eigenvalue weighted by molar-refractivity contribution is 5.73. The molecular formula is C11H16N4O2. The van der Waals surface area contributed by atoms with Gasteiger partial charge in [-0.2, -0.15) is 0 Å². The molecule has 1 fully saturated rings. The van der Waals surface area contributed by atoms with E-state index in [2.05, 4.69) is 20.2 Å². The highest BCUT2D eigenvalue weighted by Gasteiger charge is 2.20. The number of nitrogens with one attached hydrogen (secondary N) is 2. The maximum Gasteiger partial charge on any atom is 0.252 e. The van der Waals surface area contributed by atoms with Gasteiger partial charge in [-0.15, -0.1) is 0 Å². The molecule has 2 N–H and O–H groups in total. The monoisotopic (exact) mass is 236 g/mol. The Morgan fingerprint density at radius 3 is 2.82 bits per heavy atom. The van der Waals surface area contributed by atoms with Gasteiger partial charge in [0.05, 0.1) is 6.33 Å². The van der Waals surface area contributed by atoms with Crippen molar-refractivity contribution in [1.82, 2.24) is 15.3 Å². The van der Waals surface area contributed by atoms with Crippen molar-refractivity contribution in [3.05, 3.63) is 22.7 Å². The van der Waals surface area contributed by atoms with Crippen molar-refractivity contribution in [3.8, 4) is 0 Å². The molecule has 0 aliphatic carbocycles. The van der Waals surface area contributed by atoms with Crippen LogP contribution < -0.4 is 15.8 Å². The van der Waals surface area contributed by atoms with E-state index in [1.165, 1.54) is 19.3 Å². The first-order valence-corrected chi connectivity index (χ1v) is 5.72. The van der Waals surface area contributed by atoms with E-state index in [4.69, 9.17) is 0 Å². The van der Waals surface area contributed by atoms with Crippen molar-refractivity contribution in [3.63, 3.8) is 0 Å². The molecule has 1 aliphatic heterocycles. The third-order valence-corrected chi connectivity index (χ3v) is 2.89. The second-order valence-electron chi connectivity index (χ2n) is 4.23. The number of carbonyl (C=O) groups excluding carboxylic acids is 1. The molecule has 2 heterocycles. The van der Waals surface area contributed by atoms with Gasteiger partial charge in [-0.05, 0) is 12.8 Å². The summed E-state index contributed by atoms with van der Waals surface area (Å²) in [6.07, 6.45) is 3.18. The minimum absolute atomic E-state index is 0.0118. The Labute approximate surface area is 99.1 Å². The van der Waals surface area contributed by atoms with Crippen LogP contribution in [0.2, 0.25) is 0 Å². The first kappa shape index (κ1) is 11.6. The van der Waals surface area contributed by atoms with Crippen LogP contribution in [0.3, 0.4) is 0 Å². The van der Waals surface area contributed by atoms with Gasteiger partial charge in [0.2, 0.25) is 5.91 Å². The molecule has 2 rings (SSSR count). The number of rotatable bonds is 2. The van der Waals surface area contributed by atoms with E-state index in [-0.39, 0.29) is 17.5 Å². The summed E-state index contributed by atoms with van der Waals surface area (Å²) in [5.74, 6) is 0.716. The molecule has 1 aromatic rings. The Morgan fingerprint density at radius 2 is 2.24 bits per heavy atom. The molecule has 92 valence electrons. The van der Waals surface area contributed by atoms with E-state index in [0.29, 0.717) is 5.82 Å². The van der Waals surface area contributed by atoms with Gasteiger partial charge in [0.15, 0.2) is 0 Å². The Bertz CT molecular complexity index is 449. The molecule has 6 nitrogen and oxygen atoms in total. The van der Waals surface area contributed by atoms with E-state index in [9.17, 15) is 9.59 Å². The molecule has 0 aromatic carbocycles. The van der Waals surface area contributed by atoms with Crippen molar-refractivity contribution in [1.29, 1.82) is 0 Å². The van der Waals surface area contributed by atoms with Crippen LogP contribution in [-0.4, -0.2) is 35.0 Å². The van der Waals surface area contributed by atoms with E-state index in [1.54, 1.807) is 0 Å². The summed E-state index contributed by atoms with van der Waals surface area (Å²) in [4.78, 5) is 30.8. The van der Waals surface area contributed by atoms with Gasteiger partial charge < -0.3 is 15.2 Å². The Morgan fingerprint density at radius 1 is 1.53 bits per heavy atom. The van der Waals surface area contributed by atoms with Crippen molar-refractivity contribution in [2.24, 2.45) is 0 Å². The lowest BCUT2D eigenvalue weighted by Gasteiger charge is -2.32. The first-order valence-electron chi connectivity index (χ1n) is 5.72. The van der Waals surface area contributed by atoms with Gasteiger partial charge in [0.25, 0.3) is 5.56 Å². The van der Waals surface area contributed by atoms with Crippen molar-refractivity contribution < 1.29 is 4.79 Å². The van der Waals surface area contributed by atoms with Crippen LogP contribution >= 0.6 is 0 Å². The third kappa shape index (κ3) is 3.05. The maximum absolute atomic E-state index is 11.2. The summed E-state index contributed by atoms with van der Waals surface area (Å²) in [7, 11) is 0. The number of nitrogens with zero attached hydrogens (tertiary/aromatic N) is 2. The predicted molar refractivity (Wildman–Crippen MR) is 63.9 cm³/mol. The lowest BCUT2D eigenvalue weighted by Crippen LogP contribution is -2.44. The van der Waals surface area contributed by atoms with Crippen molar-refractivity contribution in [2.45, 2.75) is 25.8 Å². The number of amides is 1. The molecule has 6 heteroatoms. The fraction of sp³-hybridized carbons (Fsp3) is 0.545. The van der Waals surface area contributed by atoms with Crippen LogP contribution in [0, 0.1) is 0 Å². The van der Waals surface area contributed by atoms with Gasteiger partial charge >= 0.3 is 0 Å². The molecule has 0 unspecified atom stereocenters. The molecule has 0 atom stereocenters. The molecule has 1 aliphatic rings. The fourth-order valence-corrected chi connectivity index (χ4v) is 2.07. The number of anilines is 1. The minimum Gasteiger partial charge on any atom is -0.356 e. The summed E-state index contributed by atoms with van der Waals surface area (Å²) < 4.78 is 0. The van der Waals surface area contributed by atoms with E-state index in [0.717, 1.165) is 25.9 Å². The van der Waals surface area contributed by atoms with Crippen LogP contribution in [0.4, 0.5) is 5.82 Å². The summed E-state index contributed by atoms with van der Waals surface area (Å²) in [5.41, 5.74) is -0.140. The quantitative estimate of drug-likeness (QED) is 0.750. The maximum atomic E-state index is 11.2.